The second-order valence-corrected chi connectivity index (χ2v) is 5.18. The van der Waals surface area contributed by atoms with Crippen LogP contribution in [0.25, 0.3) is 0 Å². The van der Waals surface area contributed by atoms with Crippen molar-refractivity contribution < 1.29 is 4.39 Å². The molecule has 0 heterocycles. The standard InChI is InChI=1S/C14H21FN2/c1-10-3-2-4-13(10)14(17-16)9-11-5-7-12(15)8-6-11/h5-8,10,13-14,17H,2-4,9,16H2,1H3. The number of benzene rings is 1. The summed E-state index contributed by atoms with van der Waals surface area (Å²) in [4.78, 5) is 0. The minimum absolute atomic E-state index is 0.180. The molecule has 0 radical (unpaired) electrons. The Balaban J connectivity index is 2.01. The van der Waals surface area contributed by atoms with Gasteiger partial charge in [0.1, 0.15) is 5.82 Å². The van der Waals surface area contributed by atoms with Gasteiger partial charge in [0, 0.05) is 6.04 Å². The average molecular weight is 236 g/mol. The van der Waals surface area contributed by atoms with Crippen LogP contribution in [-0.2, 0) is 6.42 Å². The average Bonchev–Trinajstić information content (AvgIpc) is 2.75. The molecule has 2 nitrogen and oxygen atoms in total. The molecule has 1 fully saturated rings. The first-order valence-electron chi connectivity index (χ1n) is 6.41. The molecule has 3 heteroatoms. The Labute approximate surface area is 102 Å². The van der Waals surface area contributed by atoms with Gasteiger partial charge in [-0.25, -0.2) is 4.39 Å². The molecule has 17 heavy (non-hydrogen) atoms. The van der Waals surface area contributed by atoms with E-state index >= 15 is 0 Å². The van der Waals surface area contributed by atoms with Crippen LogP contribution in [0.4, 0.5) is 4.39 Å². The lowest BCUT2D eigenvalue weighted by atomic mass is 9.87. The van der Waals surface area contributed by atoms with E-state index in [1.807, 2.05) is 12.1 Å². The van der Waals surface area contributed by atoms with Crippen LogP contribution in [0.3, 0.4) is 0 Å². The van der Waals surface area contributed by atoms with Crippen molar-refractivity contribution in [2.75, 3.05) is 0 Å². The quantitative estimate of drug-likeness (QED) is 0.623. The molecule has 1 aliphatic rings. The van der Waals surface area contributed by atoms with Crippen molar-refractivity contribution in [3.05, 3.63) is 35.6 Å². The van der Waals surface area contributed by atoms with Crippen molar-refractivity contribution in [2.24, 2.45) is 17.7 Å². The van der Waals surface area contributed by atoms with Crippen LogP contribution in [0.15, 0.2) is 24.3 Å². The van der Waals surface area contributed by atoms with Gasteiger partial charge in [-0.3, -0.25) is 11.3 Å². The Bertz CT molecular complexity index is 350. The van der Waals surface area contributed by atoms with E-state index in [-0.39, 0.29) is 5.82 Å². The highest BCUT2D eigenvalue weighted by Crippen LogP contribution is 2.34. The van der Waals surface area contributed by atoms with Gasteiger partial charge < -0.3 is 0 Å². The third-order valence-electron chi connectivity index (χ3n) is 4.03. The molecule has 94 valence electrons. The lowest BCUT2D eigenvalue weighted by molar-refractivity contribution is 0.297. The van der Waals surface area contributed by atoms with E-state index in [0.717, 1.165) is 17.9 Å². The monoisotopic (exact) mass is 236 g/mol. The smallest absolute Gasteiger partial charge is 0.123 e. The van der Waals surface area contributed by atoms with Crippen molar-refractivity contribution >= 4 is 0 Å². The number of rotatable bonds is 4. The second kappa shape index (κ2) is 5.61. The highest BCUT2D eigenvalue weighted by atomic mass is 19.1. The van der Waals surface area contributed by atoms with Crippen LogP contribution in [0, 0.1) is 17.7 Å². The molecule has 0 saturated heterocycles. The first-order chi connectivity index (χ1) is 8.20. The highest BCUT2D eigenvalue weighted by Gasteiger charge is 2.30. The van der Waals surface area contributed by atoms with E-state index in [1.54, 1.807) is 0 Å². The lowest BCUT2D eigenvalue weighted by Crippen LogP contribution is -2.43. The van der Waals surface area contributed by atoms with Crippen molar-refractivity contribution in [1.29, 1.82) is 0 Å². The van der Waals surface area contributed by atoms with Gasteiger partial charge in [0.15, 0.2) is 0 Å². The summed E-state index contributed by atoms with van der Waals surface area (Å²) >= 11 is 0. The molecular weight excluding hydrogens is 215 g/mol. The van der Waals surface area contributed by atoms with Crippen molar-refractivity contribution in [3.63, 3.8) is 0 Å². The molecule has 3 unspecified atom stereocenters. The predicted octanol–water partition coefficient (Wildman–Crippen LogP) is 2.64. The fourth-order valence-corrected chi connectivity index (χ4v) is 2.98. The maximum atomic E-state index is 12.8. The van der Waals surface area contributed by atoms with E-state index in [2.05, 4.69) is 12.3 Å². The summed E-state index contributed by atoms with van der Waals surface area (Å²) in [5.41, 5.74) is 4.09. The molecule has 3 atom stereocenters. The summed E-state index contributed by atoms with van der Waals surface area (Å²) in [5, 5.41) is 0. The fourth-order valence-electron chi connectivity index (χ4n) is 2.98. The second-order valence-electron chi connectivity index (χ2n) is 5.18. The molecule has 3 N–H and O–H groups in total. The van der Waals surface area contributed by atoms with E-state index in [4.69, 9.17) is 5.84 Å². The van der Waals surface area contributed by atoms with Gasteiger partial charge in [-0.1, -0.05) is 31.9 Å². The van der Waals surface area contributed by atoms with Gasteiger partial charge in [0.25, 0.3) is 0 Å². The maximum Gasteiger partial charge on any atom is 0.123 e. The Kier molecular flexibility index (Phi) is 4.13. The molecule has 0 aromatic heterocycles. The molecule has 2 rings (SSSR count). The van der Waals surface area contributed by atoms with Crippen LogP contribution < -0.4 is 11.3 Å². The van der Waals surface area contributed by atoms with Gasteiger partial charge in [-0.05, 0) is 42.4 Å². The normalized spacial score (nSPS) is 26.1. The van der Waals surface area contributed by atoms with Crippen LogP contribution >= 0.6 is 0 Å². The van der Waals surface area contributed by atoms with Crippen LogP contribution in [0.2, 0.25) is 0 Å². The predicted molar refractivity (Wildman–Crippen MR) is 67.7 cm³/mol. The number of hydrogen-bond acceptors (Lipinski definition) is 2. The Morgan fingerprint density at radius 3 is 2.59 bits per heavy atom. The fraction of sp³-hybridized carbons (Fsp3) is 0.571. The summed E-state index contributed by atoms with van der Waals surface area (Å²) in [6.45, 7) is 2.30. The Morgan fingerprint density at radius 1 is 1.35 bits per heavy atom. The van der Waals surface area contributed by atoms with Crippen LogP contribution in [0.5, 0.6) is 0 Å². The summed E-state index contributed by atoms with van der Waals surface area (Å²) in [5.74, 6) is 6.86. The minimum atomic E-state index is -0.180. The zero-order valence-corrected chi connectivity index (χ0v) is 10.3. The highest BCUT2D eigenvalue weighted by molar-refractivity contribution is 5.17. The largest absolute Gasteiger partial charge is 0.271 e. The number of hydrazine groups is 1. The summed E-state index contributed by atoms with van der Waals surface area (Å²) in [6.07, 6.45) is 4.72. The molecule has 0 bridgehead atoms. The molecule has 0 aliphatic heterocycles. The van der Waals surface area contributed by atoms with Crippen LogP contribution in [-0.4, -0.2) is 6.04 Å². The third-order valence-corrected chi connectivity index (χ3v) is 4.03. The topological polar surface area (TPSA) is 38.0 Å². The molecule has 1 aromatic carbocycles. The van der Waals surface area contributed by atoms with E-state index < -0.39 is 0 Å². The molecule has 1 aliphatic carbocycles. The number of halogens is 1. The Hall–Kier alpha value is -0.930. The van der Waals surface area contributed by atoms with Crippen molar-refractivity contribution in [1.82, 2.24) is 5.43 Å². The van der Waals surface area contributed by atoms with Gasteiger partial charge >= 0.3 is 0 Å². The van der Waals surface area contributed by atoms with Gasteiger partial charge in [-0.2, -0.15) is 0 Å². The molecule has 0 spiro atoms. The van der Waals surface area contributed by atoms with Crippen molar-refractivity contribution in [3.8, 4) is 0 Å². The first kappa shape index (κ1) is 12.5. The first-order valence-corrected chi connectivity index (χ1v) is 6.41. The van der Waals surface area contributed by atoms with Crippen molar-refractivity contribution in [2.45, 2.75) is 38.6 Å². The summed E-state index contributed by atoms with van der Waals surface area (Å²) in [6, 6.07) is 7.03. The SMILES string of the molecule is CC1CCCC1C(Cc1ccc(F)cc1)NN. The molecule has 1 aromatic rings. The number of nitrogens with one attached hydrogen (secondary N) is 1. The Morgan fingerprint density at radius 2 is 2.06 bits per heavy atom. The summed E-state index contributed by atoms with van der Waals surface area (Å²) in [7, 11) is 0. The molecule has 1 saturated carbocycles. The lowest BCUT2D eigenvalue weighted by Gasteiger charge is -2.26. The molecule has 0 amide bonds. The van der Waals surface area contributed by atoms with Crippen LogP contribution in [0.1, 0.15) is 31.7 Å². The molecular formula is C14H21FN2. The zero-order valence-electron chi connectivity index (χ0n) is 10.3. The van der Waals surface area contributed by atoms with Gasteiger partial charge in [0.05, 0.1) is 0 Å². The number of hydrogen-bond donors (Lipinski definition) is 2. The van der Waals surface area contributed by atoms with E-state index in [1.165, 1.54) is 31.4 Å². The van der Waals surface area contributed by atoms with E-state index in [9.17, 15) is 4.39 Å². The van der Waals surface area contributed by atoms with Gasteiger partial charge in [-0.15, -0.1) is 0 Å². The minimum Gasteiger partial charge on any atom is -0.271 e. The summed E-state index contributed by atoms with van der Waals surface area (Å²) < 4.78 is 12.8. The number of nitrogens with two attached hydrogens (primary N) is 1. The zero-order chi connectivity index (χ0) is 12.3. The van der Waals surface area contributed by atoms with E-state index in [0.29, 0.717) is 12.0 Å². The third kappa shape index (κ3) is 3.05. The maximum absolute atomic E-state index is 12.8. The van der Waals surface area contributed by atoms with Gasteiger partial charge in [0.2, 0.25) is 0 Å².